The standard InChI is InChI=1S/C6H14N2O2/c9-7-3-1-4-8(10)6-2-5-7/h9-10H,1-6H2. The highest BCUT2D eigenvalue weighted by Gasteiger charge is 2.07. The van der Waals surface area contributed by atoms with E-state index in [2.05, 4.69) is 0 Å². The number of nitrogens with zero attached hydrogens (tertiary/aromatic N) is 2. The maximum absolute atomic E-state index is 9.03. The maximum Gasteiger partial charge on any atom is 0.0251 e. The van der Waals surface area contributed by atoms with E-state index in [1.165, 1.54) is 10.1 Å². The summed E-state index contributed by atoms with van der Waals surface area (Å²) < 4.78 is 0. The van der Waals surface area contributed by atoms with Gasteiger partial charge in [0.25, 0.3) is 0 Å². The van der Waals surface area contributed by atoms with Crippen molar-refractivity contribution in [2.75, 3.05) is 26.2 Å². The van der Waals surface area contributed by atoms with Crippen LogP contribution in [-0.4, -0.2) is 46.7 Å². The smallest absolute Gasteiger partial charge is 0.0251 e. The molecule has 0 aromatic rings. The highest BCUT2D eigenvalue weighted by Crippen LogP contribution is 1.98. The van der Waals surface area contributed by atoms with E-state index in [4.69, 9.17) is 10.4 Å². The summed E-state index contributed by atoms with van der Waals surface area (Å²) in [4.78, 5) is 0. The second-order valence-electron chi connectivity index (χ2n) is 2.61. The largest absolute Gasteiger partial charge is 0.314 e. The lowest BCUT2D eigenvalue weighted by molar-refractivity contribution is -0.137. The molecule has 0 aromatic carbocycles. The van der Waals surface area contributed by atoms with Crippen molar-refractivity contribution in [3.05, 3.63) is 0 Å². The van der Waals surface area contributed by atoms with Crippen molar-refractivity contribution in [3.63, 3.8) is 0 Å². The first-order chi connectivity index (χ1) is 4.79. The molecule has 10 heavy (non-hydrogen) atoms. The fourth-order valence-electron chi connectivity index (χ4n) is 1.10. The van der Waals surface area contributed by atoms with Crippen molar-refractivity contribution in [3.8, 4) is 0 Å². The second kappa shape index (κ2) is 3.88. The van der Waals surface area contributed by atoms with Gasteiger partial charge in [0.1, 0.15) is 0 Å². The topological polar surface area (TPSA) is 46.9 Å². The van der Waals surface area contributed by atoms with Gasteiger partial charge in [0.15, 0.2) is 0 Å². The first kappa shape index (κ1) is 7.94. The van der Waals surface area contributed by atoms with Crippen molar-refractivity contribution in [1.82, 2.24) is 10.1 Å². The molecule has 1 aliphatic rings. The van der Waals surface area contributed by atoms with Crippen LogP contribution in [-0.2, 0) is 0 Å². The molecule has 1 saturated heterocycles. The van der Waals surface area contributed by atoms with Gasteiger partial charge in [0, 0.05) is 26.2 Å². The fraction of sp³-hybridized carbons (Fsp3) is 1.00. The molecular weight excluding hydrogens is 132 g/mol. The zero-order valence-corrected chi connectivity index (χ0v) is 6.03. The maximum atomic E-state index is 9.03. The minimum atomic E-state index is 0.664. The molecule has 0 unspecified atom stereocenters. The van der Waals surface area contributed by atoms with E-state index < -0.39 is 0 Å². The molecule has 0 spiro atoms. The highest BCUT2D eigenvalue weighted by molar-refractivity contribution is 4.56. The van der Waals surface area contributed by atoms with Gasteiger partial charge in [-0.3, -0.25) is 0 Å². The highest BCUT2D eigenvalue weighted by atomic mass is 16.5. The third-order valence-corrected chi connectivity index (χ3v) is 1.66. The third kappa shape index (κ3) is 2.62. The molecule has 0 saturated carbocycles. The van der Waals surface area contributed by atoms with Gasteiger partial charge >= 0.3 is 0 Å². The van der Waals surface area contributed by atoms with E-state index in [0.29, 0.717) is 26.2 Å². The number of hydrogen-bond acceptors (Lipinski definition) is 4. The normalized spacial score (nSPS) is 25.8. The van der Waals surface area contributed by atoms with Crippen molar-refractivity contribution in [2.45, 2.75) is 12.8 Å². The molecule has 1 heterocycles. The molecule has 2 N–H and O–H groups in total. The zero-order valence-electron chi connectivity index (χ0n) is 6.03. The first-order valence-electron chi connectivity index (χ1n) is 3.66. The first-order valence-corrected chi connectivity index (χ1v) is 3.66. The Morgan fingerprint density at radius 3 is 1.30 bits per heavy atom. The zero-order chi connectivity index (χ0) is 7.40. The van der Waals surface area contributed by atoms with Crippen molar-refractivity contribution < 1.29 is 10.4 Å². The molecule has 0 amide bonds. The predicted molar refractivity (Wildman–Crippen MR) is 36.0 cm³/mol. The minimum absolute atomic E-state index is 0.664. The third-order valence-electron chi connectivity index (χ3n) is 1.66. The van der Waals surface area contributed by atoms with E-state index in [0.717, 1.165) is 12.8 Å². The monoisotopic (exact) mass is 146 g/mol. The Morgan fingerprint density at radius 2 is 1.00 bits per heavy atom. The van der Waals surface area contributed by atoms with Crippen LogP contribution in [0.1, 0.15) is 12.8 Å². The number of hydroxylamine groups is 4. The van der Waals surface area contributed by atoms with Crippen LogP contribution in [0.3, 0.4) is 0 Å². The summed E-state index contributed by atoms with van der Waals surface area (Å²) in [6, 6.07) is 0. The molecule has 4 heteroatoms. The Labute approximate surface area is 60.6 Å². The summed E-state index contributed by atoms with van der Waals surface area (Å²) >= 11 is 0. The van der Waals surface area contributed by atoms with Crippen molar-refractivity contribution >= 4 is 0 Å². The van der Waals surface area contributed by atoms with Gasteiger partial charge in [-0.05, 0) is 12.8 Å². The predicted octanol–water partition coefficient (Wildman–Crippen LogP) is 0.163. The van der Waals surface area contributed by atoms with Crippen LogP contribution < -0.4 is 0 Å². The summed E-state index contributed by atoms with van der Waals surface area (Å²) in [5.41, 5.74) is 0. The summed E-state index contributed by atoms with van der Waals surface area (Å²) in [5, 5.41) is 20.7. The lowest BCUT2D eigenvalue weighted by Crippen LogP contribution is -2.33. The quantitative estimate of drug-likeness (QED) is 0.511. The van der Waals surface area contributed by atoms with Crippen LogP contribution in [0.15, 0.2) is 0 Å². The molecular formula is C6H14N2O2. The summed E-state index contributed by atoms with van der Waals surface area (Å²) in [7, 11) is 0. The average Bonchev–Trinajstić information content (AvgIpc) is 1.84. The van der Waals surface area contributed by atoms with Gasteiger partial charge in [-0.15, -0.1) is 0 Å². The fourth-order valence-corrected chi connectivity index (χ4v) is 1.10. The Morgan fingerprint density at radius 1 is 0.700 bits per heavy atom. The van der Waals surface area contributed by atoms with Gasteiger partial charge in [-0.2, -0.15) is 10.1 Å². The van der Waals surface area contributed by atoms with Gasteiger partial charge in [-0.1, -0.05) is 0 Å². The Bertz CT molecular complexity index is 79.7. The molecule has 0 radical (unpaired) electrons. The molecule has 1 rings (SSSR count). The van der Waals surface area contributed by atoms with E-state index in [-0.39, 0.29) is 0 Å². The summed E-state index contributed by atoms with van der Waals surface area (Å²) in [5.74, 6) is 0. The second-order valence-corrected chi connectivity index (χ2v) is 2.61. The Hall–Kier alpha value is -0.160. The van der Waals surface area contributed by atoms with Crippen LogP contribution in [0.4, 0.5) is 0 Å². The number of rotatable bonds is 0. The number of hydrogen-bond donors (Lipinski definition) is 2. The minimum Gasteiger partial charge on any atom is -0.314 e. The average molecular weight is 146 g/mol. The lowest BCUT2D eigenvalue weighted by Gasteiger charge is -2.22. The molecule has 0 bridgehead atoms. The van der Waals surface area contributed by atoms with Crippen molar-refractivity contribution in [1.29, 1.82) is 0 Å². The van der Waals surface area contributed by atoms with E-state index >= 15 is 0 Å². The van der Waals surface area contributed by atoms with Gasteiger partial charge < -0.3 is 10.4 Å². The summed E-state index contributed by atoms with van der Waals surface area (Å²) in [6.07, 6.45) is 1.65. The van der Waals surface area contributed by atoms with E-state index in [1.54, 1.807) is 0 Å². The molecule has 4 nitrogen and oxygen atoms in total. The van der Waals surface area contributed by atoms with Gasteiger partial charge in [-0.25, -0.2) is 0 Å². The molecule has 0 aliphatic carbocycles. The summed E-state index contributed by atoms with van der Waals surface area (Å²) in [6.45, 7) is 2.66. The van der Waals surface area contributed by atoms with Crippen LogP contribution in [0.2, 0.25) is 0 Å². The van der Waals surface area contributed by atoms with Crippen LogP contribution in [0.25, 0.3) is 0 Å². The Kier molecular flexibility index (Phi) is 3.08. The van der Waals surface area contributed by atoms with Gasteiger partial charge in [0.05, 0.1) is 0 Å². The van der Waals surface area contributed by atoms with Crippen molar-refractivity contribution in [2.24, 2.45) is 0 Å². The lowest BCUT2D eigenvalue weighted by atomic mass is 10.3. The van der Waals surface area contributed by atoms with Crippen LogP contribution >= 0.6 is 0 Å². The van der Waals surface area contributed by atoms with Crippen LogP contribution in [0, 0.1) is 0 Å². The van der Waals surface area contributed by atoms with Crippen LogP contribution in [0.5, 0.6) is 0 Å². The molecule has 60 valence electrons. The Balaban J connectivity index is 2.21. The molecule has 0 aromatic heterocycles. The SMILES string of the molecule is ON1CCCN(O)CCC1. The molecule has 1 aliphatic heterocycles. The van der Waals surface area contributed by atoms with E-state index in [9.17, 15) is 0 Å². The van der Waals surface area contributed by atoms with E-state index in [1.807, 2.05) is 0 Å². The van der Waals surface area contributed by atoms with Gasteiger partial charge in [0.2, 0.25) is 0 Å². The molecule has 0 atom stereocenters. The molecule has 1 fully saturated rings.